The first-order valence-corrected chi connectivity index (χ1v) is 17.3. The maximum absolute atomic E-state index is 7.17. The molecule has 0 amide bonds. The highest BCUT2D eigenvalue weighted by molar-refractivity contribution is 14.1. The van der Waals surface area contributed by atoms with Gasteiger partial charge in [0.15, 0.2) is 0 Å². The number of benzene rings is 1. The largest absolute Gasteiger partial charge is 0.497 e. The SMILES string of the molecule is COc1ccc(CO[C@@H](CI)[C@H](C)C[C@@H]2CC[C@@H](O[Si](C(C)C)(C(C)C)C(C)C)[C@H](OC)C2)cc1. The van der Waals surface area contributed by atoms with Crippen LogP contribution in [0.2, 0.25) is 16.6 Å². The smallest absolute Gasteiger partial charge is 0.200 e. The van der Waals surface area contributed by atoms with Crippen molar-refractivity contribution in [3.63, 3.8) is 0 Å². The van der Waals surface area contributed by atoms with Crippen LogP contribution in [0.15, 0.2) is 24.3 Å². The summed E-state index contributed by atoms with van der Waals surface area (Å²) in [6.45, 7) is 17.2. The summed E-state index contributed by atoms with van der Waals surface area (Å²) in [4.78, 5) is 0. The molecule has 0 N–H and O–H groups in total. The van der Waals surface area contributed by atoms with Gasteiger partial charge < -0.3 is 18.6 Å². The van der Waals surface area contributed by atoms with E-state index in [2.05, 4.69) is 83.2 Å². The van der Waals surface area contributed by atoms with Crippen molar-refractivity contribution in [3.8, 4) is 5.75 Å². The van der Waals surface area contributed by atoms with Crippen molar-refractivity contribution >= 4 is 30.9 Å². The molecule has 5 atom stereocenters. The Kier molecular flexibility index (Phi) is 13.0. The van der Waals surface area contributed by atoms with Gasteiger partial charge in [0.1, 0.15) is 5.75 Å². The maximum Gasteiger partial charge on any atom is 0.200 e. The lowest BCUT2D eigenvalue weighted by atomic mass is 9.79. The van der Waals surface area contributed by atoms with Crippen molar-refractivity contribution in [2.24, 2.45) is 11.8 Å². The van der Waals surface area contributed by atoms with E-state index < -0.39 is 8.32 Å². The van der Waals surface area contributed by atoms with Crippen molar-refractivity contribution in [1.82, 2.24) is 0 Å². The third kappa shape index (κ3) is 8.16. The van der Waals surface area contributed by atoms with Gasteiger partial charge in [0.05, 0.1) is 32.0 Å². The molecular weight excluding hydrogens is 567 g/mol. The fraction of sp³-hybridized carbons (Fsp3) is 0.793. The molecule has 6 heteroatoms. The van der Waals surface area contributed by atoms with E-state index in [9.17, 15) is 0 Å². The molecule has 0 saturated heterocycles. The highest BCUT2D eigenvalue weighted by atomic mass is 127. The van der Waals surface area contributed by atoms with Crippen LogP contribution in [0.4, 0.5) is 0 Å². The van der Waals surface area contributed by atoms with E-state index in [1.165, 1.54) is 18.4 Å². The van der Waals surface area contributed by atoms with E-state index in [4.69, 9.17) is 18.6 Å². The van der Waals surface area contributed by atoms with Crippen molar-refractivity contribution in [2.45, 2.75) is 116 Å². The monoisotopic (exact) mass is 618 g/mol. The number of ether oxygens (including phenoxy) is 3. The molecular formula is C29H51IO4Si. The van der Waals surface area contributed by atoms with Gasteiger partial charge in [-0.3, -0.25) is 0 Å². The maximum atomic E-state index is 7.17. The van der Waals surface area contributed by atoms with Crippen LogP contribution in [-0.2, 0) is 20.5 Å². The highest BCUT2D eigenvalue weighted by Crippen LogP contribution is 2.45. The first kappa shape index (κ1) is 31.1. The number of hydrogen-bond acceptors (Lipinski definition) is 4. The fourth-order valence-electron chi connectivity index (χ4n) is 6.41. The van der Waals surface area contributed by atoms with Crippen LogP contribution in [0.5, 0.6) is 5.75 Å². The Labute approximate surface area is 230 Å². The molecule has 1 fully saturated rings. The molecule has 0 spiro atoms. The molecule has 1 aliphatic rings. The molecule has 4 nitrogen and oxygen atoms in total. The van der Waals surface area contributed by atoms with E-state index in [-0.39, 0.29) is 18.3 Å². The molecule has 0 radical (unpaired) electrons. The predicted molar refractivity (Wildman–Crippen MR) is 158 cm³/mol. The van der Waals surface area contributed by atoms with Gasteiger partial charge in [0.25, 0.3) is 0 Å². The third-order valence-electron chi connectivity index (χ3n) is 8.32. The van der Waals surface area contributed by atoms with Crippen LogP contribution in [0, 0.1) is 11.8 Å². The summed E-state index contributed by atoms with van der Waals surface area (Å²) < 4.78 is 25.9. The van der Waals surface area contributed by atoms with E-state index in [1.54, 1.807) is 7.11 Å². The Bertz CT molecular complexity index is 702. The highest BCUT2D eigenvalue weighted by Gasteiger charge is 2.48. The van der Waals surface area contributed by atoms with Crippen LogP contribution in [0.25, 0.3) is 0 Å². The van der Waals surface area contributed by atoms with Crippen LogP contribution in [0.1, 0.15) is 79.7 Å². The van der Waals surface area contributed by atoms with Gasteiger partial charge in [0.2, 0.25) is 8.32 Å². The molecule has 2 rings (SSSR count). The minimum Gasteiger partial charge on any atom is -0.497 e. The zero-order chi connectivity index (χ0) is 26.2. The number of methoxy groups -OCH3 is 2. The van der Waals surface area contributed by atoms with E-state index in [0.29, 0.717) is 35.1 Å². The summed E-state index contributed by atoms with van der Waals surface area (Å²) >= 11 is 2.48. The van der Waals surface area contributed by atoms with Gasteiger partial charge in [-0.2, -0.15) is 0 Å². The molecule has 1 aromatic rings. The van der Waals surface area contributed by atoms with Gasteiger partial charge in [-0.15, -0.1) is 0 Å². The molecule has 0 heterocycles. The van der Waals surface area contributed by atoms with Crippen molar-refractivity contribution in [2.75, 3.05) is 18.6 Å². The molecule has 0 unspecified atom stereocenters. The zero-order valence-corrected chi connectivity index (χ0v) is 26.8. The van der Waals surface area contributed by atoms with Crippen LogP contribution in [0.3, 0.4) is 0 Å². The van der Waals surface area contributed by atoms with Crippen LogP contribution < -0.4 is 4.74 Å². The Morgan fingerprint density at radius 3 is 1.97 bits per heavy atom. The summed E-state index contributed by atoms with van der Waals surface area (Å²) in [5, 5.41) is 0. The number of rotatable bonds is 14. The average molecular weight is 619 g/mol. The summed E-state index contributed by atoms with van der Waals surface area (Å²) in [6.07, 6.45) is 5.30. The standard InChI is InChI=1S/C29H51IO4Si/c1-20(2)35(21(3)4,22(5)6)34-27-15-12-25(17-28(27)32-9)16-23(7)29(18-30)33-19-24-10-13-26(31-8)14-11-24/h10-11,13-14,20-23,25,27-29H,12,15-19H2,1-9H3/t23-,25+,27-,28-,29+/m1/s1. The number of hydrogen-bond donors (Lipinski definition) is 0. The Balaban J connectivity index is 1.96. The second kappa shape index (κ2) is 14.7. The molecule has 1 saturated carbocycles. The number of halogens is 1. The van der Waals surface area contributed by atoms with Crippen LogP contribution >= 0.6 is 22.6 Å². The van der Waals surface area contributed by atoms with Gasteiger partial charge in [-0.1, -0.05) is 83.2 Å². The molecule has 35 heavy (non-hydrogen) atoms. The molecule has 0 aromatic heterocycles. The van der Waals surface area contributed by atoms with E-state index >= 15 is 0 Å². The minimum atomic E-state index is -1.91. The Morgan fingerprint density at radius 1 is 0.886 bits per heavy atom. The molecule has 0 bridgehead atoms. The lowest BCUT2D eigenvalue weighted by Gasteiger charge is -2.48. The molecule has 0 aliphatic heterocycles. The minimum absolute atomic E-state index is 0.197. The second-order valence-electron chi connectivity index (χ2n) is 11.5. The van der Waals surface area contributed by atoms with Crippen molar-refractivity contribution < 1.29 is 18.6 Å². The third-order valence-corrected chi connectivity index (χ3v) is 15.3. The summed E-state index contributed by atoms with van der Waals surface area (Å²) in [5.41, 5.74) is 3.00. The molecule has 202 valence electrons. The zero-order valence-electron chi connectivity index (χ0n) is 23.7. The van der Waals surface area contributed by atoms with Crippen molar-refractivity contribution in [3.05, 3.63) is 29.8 Å². The normalized spacial score (nSPS) is 23.2. The Hall–Kier alpha value is -0.153. The molecule has 1 aliphatic carbocycles. The second-order valence-corrected chi connectivity index (χ2v) is 17.8. The Morgan fingerprint density at radius 2 is 1.49 bits per heavy atom. The van der Waals surface area contributed by atoms with Crippen molar-refractivity contribution in [1.29, 1.82) is 0 Å². The first-order valence-electron chi connectivity index (χ1n) is 13.6. The average Bonchev–Trinajstić information content (AvgIpc) is 2.83. The van der Waals surface area contributed by atoms with E-state index in [1.807, 2.05) is 19.2 Å². The summed E-state index contributed by atoms with van der Waals surface area (Å²) in [6, 6.07) is 8.18. The lowest BCUT2D eigenvalue weighted by molar-refractivity contribution is -0.0527. The number of alkyl halides is 1. The van der Waals surface area contributed by atoms with Gasteiger partial charge in [-0.25, -0.2) is 0 Å². The van der Waals surface area contributed by atoms with Crippen LogP contribution in [-0.4, -0.2) is 45.3 Å². The first-order chi connectivity index (χ1) is 16.6. The molecule has 1 aromatic carbocycles. The van der Waals surface area contributed by atoms with E-state index in [0.717, 1.165) is 23.0 Å². The predicted octanol–water partition coefficient (Wildman–Crippen LogP) is 8.42. The van der Waals surface area contributed by atoms with Gasteiger partial charge in [0, 0.05) is 11.5 Å². The quantitative estimate of drug-likeness (QED) is 0.119. The summed E-state index contributed by atoms with van der Waals surface area (Å²) in [5.74, 6) is 2.06. The van der Waals surface area contributed by atoms with Gasteiger partial charge >= 0.3 is 0 Å². The topological polar surface area (TPSA) is 36.9 Å². The fourth-order valence-corrected chi connectivity index (χ4v) is 13.1. The lowest BCUT2D eigenvalue weighted by Crippen LogP contribution is -2.53. The van der Waals surface area contributed by atoms with Gasteiger partial charge in [-0.05, 0) is 71.8 Å². The summed E-state index contributed by atoms with van der Waals surface area (Å²) in [7, 11) is 1.67.